The van der Waals surface area contributed by atoms with Crippen molar-refractivity contribution >= 4 is 11.3 Å². The number of halogens is 1. The van der Waals surface area contributed by atoms with E-state index >= 15 is 0 Å². The first kappa shape index (κ1) is 10.6. The zero-order valence-electron chi connectivity index (χ0n) is 9.38. The monoisotopic (exact) mass is 243 g/mol. The highest BCUT2D eigenvalue weighted by Crippen LogP contribution is 2.26. The van der Waals surface area contributed by atoms with Crippen LogP contribution in [0.5, 0.6) is 11.5 Å². The molecule has 0 atom stereocenters. The van der Waals surface area contributed by atoms with E-state index in [1.165, 1.54) is 12.1 Å². The number of fused-ring (bicyclic) bond motifs is 1. The van der Waals surface area contributed by atoms with E-state index in [0.29, 0.717) is 11.4 Å². The van der Waals surface area contributed by atoms with Gasteiger partial charge < -0.3 is 14.9 Å². The molecule has 90 valence electrons. The number of aromatic nitrogens is 2. The van der Waals surface area contributed by atoms with Crippen LogP contribution in [-0.4, -0.2) is 9.38 Å². The summed E-state index contributed by atoms with van der Waals surface area (Å²) in [6, 6.07) is 7.79. The summed E-state index contributed by atoms with van der Waals surface area (Å²) in [5, 5.41) is 0. The SMILES string of the molecule is Nc1ccc(Oc2ccn3ccnc3c2)c(F)c1. The number of ether oxygens (including phenoxy) is 1. The van der Waals surface area contributed by atoms with Gasteiger partial charge in [-0.25, -0.2) is 9.37 Å². The fraction of sp³-hybridized carbons (Fsp3) is 0. The van der Waals surface area contributed by atoms with Gasteiger partial charge in [-0.1, -0.05) is 0 Å². The second-order valence-electron chi connectivity index (χ2n) is 3.85. The van der Waals surface area contributed by atoms with Crippen LogP contribution >= 0.6 is 0 Å². The summed E-state index contributed by atoms with van der Waals surface area (Å²) in [6.45, 7) is 0. The van der Waals surface area contributed by atoms with Crippen LogP contribution in [0.3, 0.4) is 0 Å². The van der Waals surface area contributed by atoms with Gasteiger partial charge in [0.2, 0.25) is 0 Å². The first-order valence-electron chi connectivity index (χ1n) is 5.38. The highest BCUT2D eigenvalue weighted by Gasteiger charge is 2.06. The van der Waals surface area contributed by atoms with Gasteiger partial charge >= 0.3 is 0 Å². The van der Waals surface area contributed by atoms with E-state index in [1.807, 2.05) is 10.6 Å². The summed E-state index contributed by atoms with van der Waals surface area (Å²) in [7, 11) is 0. The Morgan fingerprint density at radius 1 is 1.17 bits per heavy atom. The van der Waals surface area contributed by atoms with Gasteiger partial charge in [0.05, 0.1) is 0 Å². The Labute approximate surface area is 102 Å². The van der Waals surface area contributed by atoms with Gasteiger partial charge in [-0.15, -0.1) is 0 Å². The lowest BCUT2D eigenvalue weighted by molar-refractivity contribution is 0.442. The maximum atomic E-state index is 13.6. The zero-order valence-corrected chi connectivity index (χ0v) is 9.38. The first-order valence-corrected chi connectivity index (χ1v) is 5.38. The van der Waals surface area contributed by atoms with Crippen LogP contribution in [0, 0.1) is 5.82 Å². The molecule has 0 unspecified atom stereocenters. The Morgan fingerprint density at radius 3 is 2.89 bits per heavy atom. The fourth-order valence-corrected chi connectivity index (χ4v) is 1.68. The van der Waals surface area contributed by atoms with E-state index in [2.05, 4.69) is 4.98 Å². The minimum atomic E-state index is -0.488. The summed E-state index contributed by atoms with van der Waals surface area (Å²) in [6.07, 6.45) is 5.30. The van der Waals surface area contributed by atoms with E-state index in [1.54, 1.807) is 30.6 Å². The van der Waals surface area contributed by atoms with Crippen LogP contribution in [0.25, 0.3) is 5.65 Å². The average Bonchev–Trinajstić information content (AvgIpc) is 2.80. The van der Waals surface area contributed by atoms with Crippen molar-refractivity contribution in [3.05, 3.63) is 54.7 Å². The third-order valence-corrected chi connectivity index (χ3v) is 2.55. The number of nitrogen functional groups attached to an aromatic ring is 1. The molecule has 0 saturated heterocycles. The van der Waals surface area contributed by atoms with Gasteiger partial charge in [-0.2, -0.15) is 0 Å². The van der Waals surface area contributed by atoms with Crippen molar-refractivity contribution in [2.45, 2.75) is 0 Å². The van der Waals surface area contributed by atoms with Crippen molar-refractivity contribution in [3.63, 3.8) is 0 Å². The highest BCUT2D eigenvalue weighted by atomic mass is 19.1. The van der Waals surface area contributed by atoms with Crippen molar-refractivity contribution in [3.8, 4) is 11.5 Å². The molecule has 2 aromatic heterocycles. The predicted octanol–water partition coefficient (Wildman–Crippen LogP) is 2.85. The van der Waals surface area contributed by atoms with Crippen LogP contribution in [0.1, 0.15) is 0 Å². The molecule has 0 aliphatic heterocycles. The quantitative estimate of drug-likeness (QED) is 0.704. The van der Waals surface area contributed by atoms with Gasteiger partial charge in [0.25, 0.3) is 0 Å². The van der Waals surface area contributed by atoms with Crippen LogP contribution < -0.4 is 10.5 Å². The average molecular weight is 243 g/mol. The largest absolute Gasteiger partial charge is 0.454 e. The molecule has 0 fully saturated rings. The van der Waals surface area contributed by atoms with Crippen molar-refractivity contribution < 1.29 is 9.13 Å². The van der Waals surface area contributed by atoms with E-state index < -0.39 is 5.82 Å². The maximum Gasteiger partial charge on any atom is 0.167 e. The minimum Gasteiger partial charge on any atom is -0.454 e. The Balaban J connectivity index is 1.95. The second kappa shape index (κ2) is 4.03. The van der Waals surface area contributed by atoms with Crippen LogP contribution in [0.15, 0.2) is 48.9 Å². The highest BCUT2D eigenvalue weighted by molar-refractivity contribution is 5.47. The summed E-state index contributed by atoms with van der Waals surface area (Å²) in [4.78, 5) is 4.13. The topological polar surface area (TPSA) is 52.5 Å². The number of nitrogens with zero attached hydrogens (tertiary/aromatic N) is 2. The molecule has 0 saturated carbocycles. The predicted molar refractivity (Wildman–Crippen MR) is 66.1 cm³/mol. The van der Waals surface area contributed by atoms with Crippen molar-refractivity contribution in [1.82, 2.24) is 9.38 Å². The Hall–Kier alpha value is -2.56. The number of hydrogen-bond acceptors (Lipinski definition) is 3. The molecule has 0 aliphatic rings. The smallest absolute Gasteiger partial charge is 0.167 e. The van der Waals surface area contributed by atoms with Crippen molar-refractivity contribution in [2.24, 2.45) is 0 Å². The lowest BCUT2D eigenvalue weighted by atomic mass is 10.3. The second-order valence-corrected chi connectivity index (χ2v) is 3.85. The molecule has 5 heteroatoms. The van der Waals surface area contributed by atoms with Gasteiger partial charge in [0, 0.05) is 36.4 Å². The molecule has 4 nitrogen and oxygen atoms in total. The Morgan fingerprint density at radius 2 is 2.06 bits per heavy atom. The zero-order chi connectivity index (χ0) is 12.5. The van der Waals surface area contributed by atoms with E-state index in [9.17, 15) is 4.39 Å². The lowest BCUT2D eigenvalue weighted by Gasteiger charge is -2.07. The summed E-state index contributed by atoms with van der Waals surface area (Å²) in [5.74, 6) is 0.177. The molecule has 0 amide bonds. The number of imidazole rings is 1. The van der Waals surface area contributed by atoms with E-state index in [-0.39, 0.29) is 5.75 Å². The molecule has 0 radical (unpaired) electrons. The Bertz CT molecular complexity index is 708. The minimum absolute atomic E-state index is 0.139. The summed E-state index contributed by atoms with van der Waals surface area (Å²) >= 11 is 0. The van der Waals surface area contributed by atoms with Gasteiger partial charge in [0.1, 0.15) is 11.4 Å². The molecule has 3 rings (SSSR count). The molecule has 0 aliphatic carbocycles. The maximum absolute atomic E-state index is 13.6. The molecule has 0 bridgehead atoms. The van der Waals surface area contributed by atoms with Crippen molar-refractivity contribution in [2.75, 3.05) is 5.73 Å². The molecule has 2 N–H and O–H groups in total. The summed E-state index contributed by atoms with van der Waals surface area (Å²) < 4.78 is 20.9. The normalized spacial score (nSPS) is 10.7. The standard InChI is InChI=1S/C13H10FN3O/c14-11-7-9(15)1-2-12(11)18-10-3-5-17-6-4-16-13(17)8-10/h1-8H,15H2. The van der Waals surface area contributed by atoms with Crippen LogP contribution in [0.4, 0.5) is 10.1 Å². The van der Waals surface area contributed by atoms with Gasteiger partial charge in [0.15, 0.2) is 11.6 Å². The molecular weight excluding hydrogens is 233 g/mol. The van der Waals surface area contributed by atoms with E-state index in [4.69, 9.17) is 10.5 Å². The fourth-order valence-electron chi connectivity index (χ4n) is 1.68. The number of nitrogens with two attached hydrogens (primary N) is 1. The first-order chi connectivity index (χ1) is 8.72. The molecule has 18 heavy (non-hydrogen) atoms. The number of anilines is 1. The molecular formula is C13H10FN3O. The van der Waals surface area contributed by atoms with E-state index in [0.717, 1.165) is 5.65 Å². The number of rotatable bonds is 2. The molecule has 2 heterocycles. The van der Waals surface area contributed by atoms with Gasteiger partial charge in [-0.05, 0) is 18.2 Å². The summed E-state index contributed by atoms with van der Waals surface area (Å²) in [5.41, 5.74) is 6.58. The van der Waals surface area contributed by atoms with Crippen molar-refractivity contribution in [1.29, 1.82) is 0 Å². The third-order valence-electron chi connectivity index (χ3n) is 2.55. The number of hydrogen-bond donors (Lipinski definition) is 1. The van der Waals surface area contributed by atoms with Gasteiger partial charge in [-0.3, -0.25) is 0 Å². The molecule has 3 aromatic rings. The number of benzene rings is 1. The lowest BCUT2D eigenvalue weighted by Crippen LogP contribution is -1.92. The number of pyridine rings is 1. The molecule has 0 spiro atoms. The molecule has 1 aromatic carbocycles. The van der Waals surface area contributed by atoms with Crippen LogP contribution in [0.2, 0.25) is 0 Å². The van der Waals surface area contributed by atoms with Crippen LogP contribution in [-0.2, 0) is 0 Å². The third kappa shape index (κ3) is 1.86. The Kier molecular flexibility index (Phi) is 2.37.